The van der Waals surface area contributed by atoms with E-state index in [0.29, 0.717) is 24.5 Å². The summed E-state index contributed by atoms with van der Waals surface area (Å²) >= 11 is 0. The van der Waals surface area contributed by atoms with Gasteiger partial charge in [-0.25, -0.2) is 15.0 Å². The number of rotatable bonds is 7. The van der Waals surface area contributed by atoms with Crippen LogP contribution in [-0.4, -0.2) is 43.4 Å². The van der Waals surface area contributed by atoms with E-state index in [2.05, 4.69) is 20.3 Å². The minimum absolute atomic E-state index is 0.0369. The minimum Gasteiger partial charge on any atom is -0.370 e. The molecule has 0 atom stereocenters. The van der Waals surface area contributed by atoms with Crippen LogP contribution in [0.4, 0.5) is 5.82 Å². The van der Waals surface area contributed by atoms with Crippen LogP contribution in [0, 0.1) is 0 Å². The summed E-state index contributed by atoms with van der Waals surface area (Å²) in [6, 6.07) is 9.26. The first kappa shape index (κ1) is 18.6. The fourth-order valence-corrected chi connectivity index (χ4v) is 2.80. The summed E-state index contributed by atoms with van der Waals surface area (Å²) in [7, 11) is 1.93. The highest BCUT2D eigenvalue weighted by Crippen LogP contribution is 2.19. The Morgan fingerprint density at radius 2 is 2.04 bits per heavy atom. The second-order valence-corrected chi connectivity index (χ2v) is 6.15. The summed E-state index contributed by atoms with van der Waals surface area (Å²) in [5, 5.41) is 3.18. The first-order valence-corrected chi connectivity index (χ1v) is 9.05. The van der Waals surface area contributed by atoms with Gasteiger partial charge in [0, 0.05) is 49.9 Å². The molecule has 0 aliphatic rings. The summed E-state index contributed by atoms with van der Waals surface area (Å²) in [4.78, 5) is 27.9. The highest BCUT2D eigenvalue weighted by Gasteiger charge is 2.17. The second kappa shape index (κ2) is 8.44. The van der Waals surface area contributed by atoms with Crippen molar-refractivity contribution in [2.24, 2.45) is 7.05 Å². The molecular weight excluding hydrogens is 340 g/mol. The summed E-state index contributed by atoms with van der Waals surface area (Å²) < 4.78 is 1.92. The average molecular weight is 364 g/mol. The van der Waals surface area contributed by atoms with Crippen molar-refractivity contribution < 1.29 is 4.79 Å². The van der Waals surface area contributed by atoms with E-state index in [-0.39, 0.29) is 5.91 Å². The van der Waals surface area contributed by atoms with E-state index in [4.69, 9.17) is 0 Å². The molecular formula is C20H24N6O. The summed E-state index contributed by atoms with van der Waals surface area (Å²) in [5.74, 6) is 2.17. The molecule has 0 spiro atoms. The Morgan fingerprint density at radius 1 is 1.19 bits per heavy atom. The van der Waals surface area contributed by atoms with Gasteiger partial charge in [-0.2, -0.15) is 0 Å². The Hall–Kier alpha value is -3.22. The monoisotopic (exact) mass is 364 g/mol. The Bertz CT molecular complexity index is 920. The third-order valence-corrected chi connectivity index (χ3v) is 4.30. The highest BCUT2D eigenvalue weighted by atomic mass is 16.2. The zero-order chi connectivity index (χ0) is 19.2. The van der Waals surface area contributed by atoms with Gasteiger partial charge in [-0.15, -0.1) is 0 Å². The molecule has 0 aliphatic heterocycles. The molecule has 2 heterocycles. The number of amides is 1. The molecule has 1 aromatic carbocycles. The number of hydrogen-bond donors (Lipinski definition) is 1. The van der Waals surface area contributed by atoms with E-state index >= 15 is 0 Å². The van der Waals surface area contributed by atoms with Crippen LogP contribution in [0.5, 0.6) is 0 Å². The number of carbonyl (C=O) groups excluding carboxylic acids is 1. The Balaban J connectivity index is 1.84. The Kier molecular flexibility index (Phi) is 5.80. The van der Waals surface area contributed by atoms with E-state index < -0.39 is 0 Å². The molecule has 0 radical (unpaired) electrons. The molecule has 3 aromatic rings. The lowest BCUT2D eigenvalue weighted by molar-refractivity contribution is 0.0747. The molecule has 3 rings (SSSR count). The third-order valence-electron chi connectivity index (χ3n) is 4.30. The van der Waals surface area contributed by atoms with Gasteiger partial charge >= 0.3 is 0 Å². The molecule has 1 amide bonds. The van der Waals surface area contributed by atoms with Gasteiger partial charge < -0.3 is 14.8 Å². The quantitative estimate of drug-likeness (QED) is 0.697. The lowest BCUT2D eigenvalue weighted by Gasteiger charge is -2.21. The van der Waals surface area contributed by atoms with Crippen LogP contribution in [-0.2, 0) is 13.6 Å². The number of aromatic nitrogens is 4. The summed E-state index contributed by atoms with van der Waals surface area (Å²) in [6.07, 6.45) is 5.33. The first-order valence-electron chi connectivity index (χ1n) is 9.05. The number of anilines is 1. The number of nitrogens with one attached hydrogen (secondary N) is 1. The molecule has 7 nitrogen and oxygen atoms in total. The second-order valence-electron chi connectivity index (χ2n) is 6.15. The van der Waals surface area contributed by atoms with Gasteiger partial charge in [-0.3, -0.25) is 4.79 Å². The van der Waals surface area contributed by atoms with Crippen molar-refractivity contribution in [3.8, 4) is 11.4 Å². The molecule has 27 heavy (non-hydrogen) atoms. The van der Waals surface area contributed by atoms with Gasteiger partial charge in [0.2, 0.25) is 0 Å². The van der Waals surface area contributed by atoms with E-state index in [1.54, 1.807) is 17.3 Å². The zero-order valence-electron chi connectivity index (χ0n) is 15.9. The summed E-state index contributed by atoms with van der Waals surface area (Å²) in [5.41, 5.74) is 1.43. The molecule has 0 saturated heterocycles. The topological polar surface area (TPSA) is 75.9 Å². The van der Waals surface area contributed by atoms with Crippen molar-refractivity contribution in [2.75, 3.05) is 18.4 Å². The van der Waals surface area contributed by atoms with Crippen molar-refractivity contribution in [1.82, 2.24) is 24.4 Å². The maximum atomic E-state index is 13.0. The Morgan fingerprint density at radius 3 is 2.74 bits per heavy atom. The van der Waals surface area contributed by atoms with E-state index in [1.165, 1.54) is 0 Å². The lowest BCUT2D eigenvalue weighted by Crippen LogP contribution is -2.31. The van der Waals surface area contributed by atoms with Crippen LogP contribution in [0.1, 0.15) is 30.0 Å². The van der Waals surface area contributed by atoms with Crippen molar-refractivity contribution in [3.05, 3.63) is 60.3 Å². The molecule has 140 valence electrons. The van der Waals surface area contributed by atoms with E-state index in [0.717, 1.165) is 23.8 Å². The van der Waals surface area contributed by atoms with Crippen LogP contribution in [0.15, 0.2) is 48.9 Å². The SMILES string of the molecule is CCNc1ccnc(-c2cccc(C(=O)N(CC)Cc3nccn3C)c2)n1. The maximum Gasteiger partial charge on any atom is 0.254 e. The van der Waals surface area contributed by atoms with Gasteiger partial charge in [-0.1, -0.05) is 12.1 Å². The van der Waals surface area contributed by atoms with Crippen LogP contribution >= 0.6 is 0 Å². The predicted molar refractivity (Wildman–Crippen MR) is 105 cm³/mol. The molecule has 0 aliphatic carbocycles. The van der Waals surface area contributed by atoms with Crippen LogP contribution in [0.2, 0.25) is 0 Å². The number of hydrogen-bond acceptors (Lipinski definition) is 5. The third kappa shape index (κ3) is 4.31. The molecule has 0 saturated carbocycles. The molecule has 0 unspecified atom stereocenters. The van der Waals surface area contributed by atoms with Crippen LogP contribution in [0.3, 0.4) is 0 Å². The van der Waals surface area contributed by atoms with E-state index in [9.17, 15) is 4.79 Å². The lowest BCUT2D eigenvalue weighted by atomic mass is 10.1. The minimum atomic E-state index is -0.0369. The molecule has 7 heteroatoms. The van der Waals surface area contributed by atoms with Crippen molar-refractivity contribution in [3.63, 3.8) is 0 Å². The smallest absolute Gasteiger partial charge is 0.254 e. The Labute approximate surface area is 159 Å². The number of carbonyl (C=O) groups is 1. The average Bonchev–Trinajstić information content (AvgIpc) is 3.10. The number of benzene rings is 1. The molecule has 1 N–H and O–H groups in total. The molecule has 0 fully saturated rings. The van der Waals surface area contributed by atoms with E-state index in [1.807, 2.05) is 62.0 Å². The molecule has 0 bridgehead atoms. The van der Waals surface area contributed by atoms with Gasteiger partial charge in [0.05, 0.1) is 6.54 Å². The fourth-order valence-electron chi connectivity index (χ4n) is 2.80. The predicted octanol–water partition coefficient (Wildman–Crippen LogP) is 2.97. The first-order chi connectivity index (χ1) is 13.1. The number of aryl methyl sites for hydroxylation is 1. The van der Waals surface area contributed by atoms with Crippen LogP contribution in [0.25, 0.3) is 11.4 Å². The summed E-state index contributed by atoms with van der Waals surface area (Å²) in [6.45, 7) is 5.83. The largest absolute Gasteiger partial charge is 0.370 e. The maximum absolute atomic E-state index is 13.0. The molecule has 2 aromatic heterocycles. The normalized spacial score (nSPS) is 10.6. The van der Waals surface area contributed by atoms with Crippen molar-refractivity contribution in [2.45, 2.75) is 20.4 Å². The van der Waals surface area contributed by atoms with Gasteiger partial charge in [0.15, 0.2) is 5.82 Å². The van der Waals surface area contributed by atoms with Gasteiger partial charge in [0.25, 0.3) is 5.91 Å². The van der Waals surface area contributed by atoms with Crippen molar-refractivity contribution in [1.29, 1.82) is 0 Å². The standard InChI is InChI=1S/C20H24N6O/c1-4-21-17-9-10-23-19(24-17)15-7-6-8-16(13-15)20(27)26(5-2)14-18-22-11-12-25(18)3/h6-13H,4-5,14H2,1-3H3,(H,21,23,24). The van der Waals surface area contributed by atoms with Crippen LogP contribution < -0.4 is 5.32 Å². The fraction of sp³-hybridized carbons (Fsp3) is 0.300. The van der Waals surface area contributed by atoms with Gasteiger partial charge in [0.1, 0.15) is 11.6 Å². The highest BCUT2D eigenvalue weighted by molar-refractivity contribution is 5.95. The number of nitrogens with zero attached hydrogens (tertiary/aromatic N) is 5. The zero-order valence-corrected chi connectivity index (χ0v) is 15.9. The van der Waals surface area contributed by atoms with Gasteiger partial charge in [-0.05, 0) is 32.0 Å². The number of imidazole rings is 1. The van der Waals surface area contributed by atoms with Crippen molar-refractivity contribution >= 4 is 11.7 Å².